The summed E-state index contributed by atoms with van der Waals surface area (Å²) in [5.41, 5.74) is 2.41. The van der Waals surface area contributed by atoms with Crippen molar-refractivity contribution in [2.75, 3.05) is 7.11 Å². The maximum absolute atomic E-state index is 13.0. The first-order chi connectivity index (χ1) is 15.4. The number of hydrogen-bond acceptors (Lipinski definition) is 5. The molecule has 2 unspecified atom stereocenters. The van der Waals surface area contributed by atoms with Crippen LogP contribution in [0.15, 0.2) is 30.3 Å². The molecule has 4 bridgehead atoms. The Morgan fingerprint density at radius 2 is 1.75 bits per heavy atom. The van der Waals surface area contributed by atoms with E-state index in [4.69, 9.17) is 4.74 Å². The number of ketones is 1. The molecule has 2 aromatic rings. The fraction of sp³-hybridized carbons (Fsp3) is 0.519. The van der Waals surface area contributed by atoms with Crippen molar-refractivity contribution < 1.29 is 24.9 Å². The van der Waals surface area contributed by atoms with Crippen LogP contribution >= 0.6 is 0 Å². The van der Waals surface area contributed by atoms with Gasteiger partial charge in [0.1, 0.15) is 23.0 Å². The minimum absolute atomic E-state index is 0.000817. The number of benzene rings is 2. The Kier molecular flexibility index (Phi) is 5.31. The molecule has 32 heavy (non-hydrogen) atoms. The largest absolute Gasteiger partial charge is 0.508 e. The lowest BCUT2D eigenvalue weighted by atomic mass is 9.70. The molecule has 4 aliphatic rings. The van der Waals surface area contributed by atoms with Crippen molar-refractivity contribution in [1.82, 2.24) is 0 Å². The molecule has 4 fully saturated rings. The van der Waals surface area contributed by atoms with Crippen molar-refractivity contribution in [1.29, 1.82) is 0 Å². The highest BCUT2D eigenvalue weighted by molar-refractivity contribution is 5.99. The Bertz CT molecular complexity index is 1030. The van der Waals surface area contributed by atoms with Crippen molar-refractivity contribution in [3.8, 4) is 23.0 Å². The summed E-state index contributed by atoms with van der Waals surface area (Å²) in [6.07, 6.45) is 8.66. The molecule has 5 nitrogen and oxygen atoms in total. The van der Waals surface area contributed by atoms with E-state index >= 15 is 0 Å². The van der Waals surface area contributed by atoms with Crippen LogP contribution in [0.5, 0.6) is 23.0 Å². The van der Waals surface area contributed by atoms with Crippen molar-refractivity contribution in [2.24, 2.45) is 17.8 Å². The first kappa shape index (κ1) is 21.2. The highest BCUT2D eigenvalue weighted by Gasteiger charge is 2.59. The van der Waals surface area contributed by atoms with Gasteiger partial charge in [-0.15, -0.1) is 0 Å². The van der Waals surface area contributed by atoms with Crippen LogP contribution in [-0.2, 0) is 11.8 Å². The van der Waals surface area contributed by atoms with Gasteiger partial charge in [-0.05, 0) is 86.8 Å². The minimum atomic E-state index is -0.0459. The molecule has 0 saturated heterocycles. The average Bonchev–Trinajstić information content (AvgIpc) is 3.16. The van der Waals surface area contributed by atoms with E-state index in [-0.39, 0.29) is 28.4 Å². The van der Waals surface area contributed by atoms with Gasteiger partial charge < -0.3 is 20.1 Å². The van der Waals surface area contributed by atoms with E-state index in [0.29, 0.717) is 30.7 Å². The van der Waals surface area contributed by atoms with Crippen LogP contribution in [0.4, 0.5) is 0 Å². The molecule has 3 N–H and O–H groups in total. The summed E-state index contributed by atoms with van der Waals surface area (Å²) in [5.74, 6) is 3.05. The zero-order valence-corrected chi connectivity index (χ0v) is 18.6. The first-order valence-electron chi connectivity index (χ1n) is 11.8. The van der Waals surface area contributed by atoms with Gasteiger partial charge in [-0.2, -0.15) is 0 Å². The van der Waals surface area contributed by atoms with Crippen LogP contribution in [0.2, 0.25) is 0 Å². The molecule has 0 heterocycles. The van der Waals surface area contributed by atoms with Crippen molar-refractivity contribution in [3.05, 3.63) is 47.0 Å². The standard InChI is InChI=1S/C27H32O5/c1-32-26-13-25(31)21(12-22(26)27-14-16-8-17(15-27)10-19(27)9-16)23(29)5-3-2-4-18-6-7-20(28)11-24(18)30/h6-7,11-13,16-17,19,28,30-31H,2-5,8-10,14-15H2,1H3. The number of carbonyl (C=O) groups excluding carboxylic acids is 1. The van der Waals surface area contributed by atoms with Crippen molar-refractivity contribution >= 4 is 5.78 Å². The molecular weight excluding hydrogens is 404 g/mol. The van der Waals surface area contributed by atoms with Crippen molar-refractivity contribution in [3.63, 3.8) is 0 Å². The molecule has 0 spiro atoms. The van der Waals surface area contributed by atoms with E-state index < -0.39 is 0 Å². The van der Waals surface area contributed by atoms with Gasteiger partial charge in [0.05, 0.1) is 12.7 Å². The Balaban J connectivity index is 1.30. The number of rotatable bonds is 8. The molecule has 0 radical (unpaired) electrons. The summed E-state index contributed by atoms with van der Waals surface area (Å²) < 4.78 is 5.68. The van der Waals surface area contributed by atoms with E-state index in [1.165, 1.54) is 38.2 Å². The predicted octanol–water partition coefficient (Wildman–Crippen LogP) is 5.49. The monoisotopic (exact) mass is 436 g/mol. The third-order valence-electron chi connectivity index (χ3n) is 8.31. The number of ether oxygens (including phenoxy) is 1. The van der Waals surface area contributed by atoms with E-state index in [9.17, 15) is 20.1 Å². The number of unbranched alkanes of at least 4 members (excludes halogenated alkanes) is 1. The molecule has 6 rings (SSSR count). The third-order valence-corrected chi connectivity index (χ3v) is 8.31. The Morgan fingerprint density at radius 1 is 1.00 bits per heavy atom. The number of aryl methyl sites for hydroxylation is 1. The van der Waals surface area contributed by atoms with E-state index in [1.54, 1.807) is 25.3 Å². The second-order valence-corrected chi connectivity index (χ2v) is 10.2. The van der Waals surface area contributed by atoms with Gasteiger partial charge in [0, 0.05) is 29.5 Å². The number of methoxy groups -OCH3 is 1. The molecular formula is C27H32O5. The highest BCUT2D eigenvalue weighted by Crippen LogP contribution is 2.67. The topological polar surface area (TPSA) is 87.0 Å². The maximum Gasteiger partial charge on any atom is 0.166 e. The van der Waals surface area contributed by atoms with E-state index in [2.05, 4.69) is 0 Å². The first-order valence-corrected chi connectivity index (χ1v) is 11.8. The summed E-state index contributed by atoms with van der Waals surface area (Å²) in [6, 6.07) is 8.17. The van der Waals surface area contributed by atoms with Gasteiger partial charge in [0.2, 0.25) is 0 Å². The zero-order valence-electron chi connectivity index (χ0n) is 18.6. The van der Waals surface area contributed by atoms with Crippen LogP contribution in [-0.4, -0.2) is 28.2 Å². The van der Waals surface area contributed by atoms with Crippen LogP contribution < -0.4 is 4.74 Å². The second-order valence-electron chi connectivity index (χ2n) is 10.2. The molecule has 2 aromatic carbocycles. The summed E-state index contributed by atoms with van der Waals surface area (Å²) in [4.78, 5) is 13.0. The lowest BCUT2D eigenvalue weighted by molar-refractivity contribution is 0.0976. The number of phenolic OH excluding ortho intramolecular Hbond substituents is 3. The third kappa shape index (κ3) is 3.52. The number of Topliss-reactive ketones (excluding diaryl/α,β-unsaturated/α-hetero) is 1. The molecule has 0 amide bonds. The Hall–Kier alpha value is -2.69. The minimum Gasteiger partial charge on any atom is -0.508 e. The van der Waals surface area contributed by atoms with Gasteiger partial charge in [0.25, 0.3) is 0 Å². The number of carbonyl (C=O) groups is 1. The molecule has 0 aliphatic heterocycles. The van der Waals surface area contributed by atoms with Gasteiger partial charge in [-0.25, -0.2) is 0 Å². The van der Waals surface area contributed by atoms with Crippen LogP contribution in [0.1, 0.15) is 72.9 Å². The molecule has 170 valence electrons. The zero-order chi connectivity index (χ0) is 22.5. The highest BCUT2D eigenvalue weighted by atomic mass is 16.5. The average molecular weight is 437 g/mol. The molecule has 5 heteroatoms. The fourth-order valence-corrected chi connectivity index (χ4v) is 7.09. The van der Waals surface area contributed by atoms with E-state index in [1.807, 2.05) is 6.07 Å². The fourth-order valence-electron chi connectivity index (χ4n) is 7.09. The van der Waals surface area contributed by atoms with Gasteiger partial charge >= 0.3 is 0 Å². The van der Waals surface area contributed by atoms with E-state index in [0.717, 1.165) is 35.1 Å². The quantitative estimate of drug-likeness (QED) is 0.376. The van der Waals surface area contributed by atoms with Crippen LogP contribution in [0, 0.1) is 17.8 Å². The van der Waals surface area contributed by atoms with Crippen molar-refractivity contribution in [2.45, 2.75) is 63.2 Å². The Labute approximate surface area is 189 Å². The van der Waals surface area contributed by atoms with Gasteiger partial charge in [-0.1, -0.05) is 6.07 Å². The normalized spacial score (nSPS) is 27.7. The number of hydrogen-bond donors (Lipinski definition) is 3. The predicted molar refractivity (Wildman–Crippen MR) is 122 cm³/mol. The van der Waals surface area contributed by atoms with Crippen LogP contribution in [0.25, 0.3) is 0 Å². The SMILES string of the molecule is COc1cc(O)c(C(=O)CCCCc2ccc(O)cc2O)cc1C12CC3CC(CC1C3)C2. The maximum atomic E-state index is 13.0. The molecule has 2 atom stereocenters. The summed E-state index contributed by atoms with van der Waals surface area (Å²) in [6.45, 7) is 0. The number of aromatic hydroxyl groups is 3. The molecule has 4 saturated carbocycles. The summed E-state index contributed by atoms with van der Waals surface area (Å²) in [5, 5.41) is 29.9. The lowest BCUT2D eigenvalue weighted by Gasteiger charge is -2.35. The summed E-state index contributed by atoms with van der Waals surface area (Å²) >= 11 is 0. The van der Waals surface area contributed by atoms with Crippen LogP contribution in [0.3, 0.4) is 0 Å². The molecule has 4 aliphatic carbocycles. The lowest BCUT2D eigenvalue weighted by Crippen LogP contribution is -2.28. The second kappa shape index (κ2) is 8.02. The van der Waals surface area contributed by atoms with Gasteiger partial charge in [0.15, 0.2) is 5.78 Å². The molecule has 0 aromatic heterocycles. The Morgan fingerprint density at radius 3 is 2.44 bits per heavy atom. The number of phenols is 3. The smallest absolute Gasteiger partial charge is 0.166 e. The summed E-state index contributed by atoms with van der Waals surface area (Å²) in [7, 11) is 1.65. The van der Waals surface area contributed by atoms with Gasteiger partial charge in [-0.3, -0.25) is 4.79 Å².